The van der Waals surface area contributed by atoms with E-state index in [1.54, 1.807) is 7.05 Å². The predicted octanol–water partition coefficient (Wildman–Crippen LogP) is 11.9. The first-order chi connectivity index (χ1) is 15.9. The van der Waals surface area contributed by atoms with E-state index >= 15 is 0 Å². The number of azo groups is 1. The van der Waals surface area contributed by atoms with Crippen molar-refractivity contribution in [1.29, 1.82) is 0 Å². The highest BCUT2D eigenvalue weighted by Crippen LogP contribution is 2.16. The summed E-state index contributed by atoms with van der Waals surface area (Å²) < 4.78 is 0. The van der Waals surface area contributed by atoms with Crippen molar-refractivity contribution in [2.24, 2.45) is 22.1 Å². The Morgan fingerprint density at radius 2 is 1.09 bits per heavy atom. The summed E-state index contributed by atoms with van der Waals surface area (Å²) >= 11 is 0. The quantitative estimate of drug-likeness (QED) is 0.273. The molecule has 0 aromatic rings. The van der Waals surface area contributed by atoms with Gasteiger partial charge in [0.05, 0.1) is 5.70 Å². The van der Waals surface area contributed by atoms with Crippen LogP contribution >= 0.6 is 0 Å². The Kier molecular flexibility index (Phi) is 34.0. The van der Waals surface area contributed by atoms with Crippen LogP contribution in [0.3, 0.4) is 0 Å². The molecule has 2 nitrogen and oxygen atoms in total. The lowest BCUT2D eigenvalue weighted by molar-refractivity contribution is 0.438. The fourth-order valence-electron chi connectivity index (χ4n) is 3.46. The fraction of sp³-hybridized carbons (Fsp3) is 0.806. The third-order valence-corrected chi connectivity index (χ3v) is 6.00. The van der Waals surface area contributed by atoms with Crippen LogP contribution in [0.4, 0.5) is 0 Å². The number of hydrogen-bond acceptors (Lipinski definition) is 2. The molecule has 0 spiro atoms. The zero-order chi connectivity index (χ0) is 25.7. The maximum absolute atomic E-state index is 4.03. The first kappa shape index (κ1) is 36.4. The summed E-state index contributed by atoms with van der Waals surface area (Å²) in [5, 5.41) is 7.80. The highest BCUT2D eigenvalue weighted by atomic mass is 15.1. The van der Waals surface area contributed by atoms with E-state index in [1.165, 1.54) is 76.2 Å². The Labute approximate surface area is 210 Å². The molecule has 0 bridgehead atoms. The SMILES string of the molecule is CCC.CCCCC(CC)CC.CCCCC(CC)CC.CN=NC1=C(C)/C=C/CC/C=C\1. The summed E-state index contributed by atoms with van der Waals surface area (Å²) in [7, 11) is 1.69. The number of nitrogens with zero attached hydrogens (tertiary/aromatic N) is 2. The van der Waals surface area contributed by atoms with Gasteiger partial charge in [0.15, 0.2) is 0 Å². The molecule has 1 rings (SSSR count). The van der Waals surface area contributed by atoms with Gasteiger partial charge in [-0.2, -0.15) is 10.2 Å². The van der Waals surface area contributed by atoms with Gasteiger partial charge in [-0.15, -0.1) is 0 Å². The van der Waals surface area contributed by atoms with E-state index in [9.17, 15) is 0 Å². The van der Waals surface area contributed by atoms with Gasteiger partial charge in [-0.3, -0.25) is 0 Å². The predicted molar refractivity (Wildman–Crippen MR) is 154 cm³/mol. The van der Waals surface area contributed by atoms with Crippen molar-refractivity contribution in [2.45, 2.75) is 146 Å². The van der Waals surface area contributed by atoms with Gasteiger partial charge in [-0.1, -0.05) is 144 Å². The third kappa shape index (κ3) is 26.9. The van der Waals surface area contributed by atoms with E-state index in [4.69, 9.17) is 0 Å². The lowest BCUT2D eigenvalue weighted by Crippen LogP contribution is -1.95. The van der Waals surface area contributed by atoms with Gasteiger partial charge < -0.3 is 0 Å². The van der Waals surface area contributed by atoms with Gasteiger partial charge in [-0.25, -0.2) is 0 Å². The van der Waals surface area contributed by atoms with Crippen LogP contribution < -0.4 is 0 Å². The van der Waals surface area contributed by atoms with Crippen molar-refractivity contribution in [2.75, 3.05) is 7.05 Å². The maximum atomic E-state index is 4.03. The Morgan fingerprint density at radius 1 is 0.697 bits per heavy atom. The first-order valence-electron chi connectivity index (χ1n) is 14.3. The highest BCUT2D eigenvalue weighted by molar-refractivity contribution is 5.31. The zero-order valence-electron chi connectivity index (χ0n) is 24.6. The molecule has 33 heavy (non-hydrogen) atoms. The molecular weight excluding hydrogens is 400 g/mol. The largest absolute Gasteiger partial charge is 0.192 e. The van der Waals surface area contributed by atoms with Gasteiger partial charge in [0, 0.05) is 7.05 Å². The molecule has 1 aliphatic carbocycles. The molecule has 196 valence electrons. The lowest BCUT2D eigenvalue weighted by Gasteiger charge is -2.09. The number of rotatable bonds is 11. The van der Waals surface area contributed by atoms with Gasteiger partial charge >= 0.3 is 0 Å². The topological polar surface area (TPSA) is 24.7 Å². The van der Waals surface area contributed by atoms with E-state index in [-0.39, 0.29) is 0 Å². The standard InChI is InChI=1S/C10H14N2.2C9H20.C3H8/c1-9-7-5-3-4-6-8-10(9)12-11-2;2*1-4-7-8-9(5-2)6-3;1-3-2/h5-8H,3-4H2,1-2H3;2*9H,4-8H2,1-3H3;3H2,1-2H3/b7-5+,8-6-,10-9+,12-11?;;;. The van der Waals surface area contributed by atoms with E-state index in [1.807, 2.05) is 6.08 Å². The number of hydrogen-bond donors (Lipinski definition) is 0. The normalized spacial score (nSPS) is 17.2. The van der Waals surface area contributed by atoms with Gasteiger partial charge in [-0.05, 0) is 43.3 Å². The molecule has 0 heterocycles. The molecule has 0 fully saturated rings. The minimum atomic E-state index is 0.966. The smallest absolute Gasteiger partial charge is 0.0878 e. The zero-order valence-corrected chi connectivity index (χ0v) is 24.6. The average molecular weight is 463 g/mol. The minimum Gasteiger partial charge on any atom is -0.192 e. The third-order valence-electron chi connectivity index (χ3n) is 6.00. The molecule has 0 aromatic heterocycles. The second-order valence-corrected chi connectivity index (χ2v) is 9.11. The van der Waals surface area contributed by atoms with Crippen molar-refractivity contribution in [3.63, 3.8) is 0 Å². The molecule has 0 radical (unpaired) electrons. The van der Waals surface area contributed by atoms with Gasteiger partial charge in [0.1, 0.15) is 0 Å². The number of allylic oxidation sites excluding steroid dienone is 5. The summed E-state index contributed by atoms with van der Waals surface area (Å²) in [5.41, 5.74) is 2.14. The summed E-state index contributed by atoms with van der Waals surface area (Å²) in [6.45, 7) is 20.0. The van der Waals surface area contributed by atoms with Crippen molar-refractivity contribution < 1.29 is 0 Å². The second-order valence-electron chi connectivity index (χ2n) is 9.11. The molecule has 0 aromatic carbocycles. The van der Waals surface area contributed by atoms with Crippen LogP contribution in [-0.4, -0.2) is 7.05 Å². The van der Waals surface area contributed by atoms with Crippen LogP contribution in [0.15, 0.2) is 45.8 Å². The van der Waals surface area contributed by atoms with Crippen molar-refractivity contribution in [3.05, 3.63) is 35.6 Å². The summed E-state index contributed by atoms with van der Waals surface area (Å²) in [6, 6.07) is 0. The van der Waals surface area contributed by atoms with Crippen LogP contribution in [0.5, 0.6) is 0 Å². The summed E-state index contributed by atoms with van der Waals surface area (Å²) in [6.07, 6.45) is 25.8. The van der Waals surface area contributed by atoms with Crippen molar-refractivity contribution in [1.82, 2.24) is 0 Å². The molecule has 0 aliphatic heterocycles. The van der Waals surface area contributed by atoms with E-state index in [0.717, 1.165) is 30.4 Å². The van der Waals surface area contributed by atoms with Gasteiger partial charge in [0.25, 0.3) is 0 Å². The average Bonchev–Trinajstić information content (AvgIpc) is 2.82. The Bertz CT molecular complexity index is 461. The molecule has 0 saturated heterocycles. The first-order valence-corrected chi connectivity index (χ1v) is 14.3. The molecule has 0 N–H and O–H groups in total. The van der Waals surface area contributed by atoms with Crippen molar-refractivity contribution in [3.8, 4) is 0 Å². The molecule has 0 unspecified atom stereocenters. The molecule has 0 amide bonds. The Balaban J connectivity index is -0.000000391. The van der Waals surface area contributed by atoms with Gasteiger partial charge in [0.2, 0.25) is 0 Å². The van der Waals surface area contributed by atoms with Crippen LogP contribution in [-0.2, 0) is 0 Å². The molecular formula is C31H62N2. The maximum Gasteiger partial charge on any atom is 0.0878 e. The Morgan fingerprint density at radius 3 is 1.42 bits per heavy atom. The fourth-order valence-corrected chi connectivity index (χ4v) is 3.46. The lowest BCUT2D eigenvalue weighted by atomic mass is 9.97. The summed E-state index contributed by atoms with van der Waals surface area (Å²) in [4.78, 5) is 0. The van der Waals surface area contributed by atoms with Crippen LogP contribution in [0.2, 0.25) is 0 Å². The second kappa shape index (κ2) is 30.8. The van der Waals surface area contributed by atoms with E-state index < -0.39 is 0 Å². The van der Waals surface area contributed by atoms with Crippen LogP contribution in [0, 0.1) is 11.8 Å². The van der Waals surface area contributed by atoms with Crippen LogP contribution in [0.25, 0.3) is 0 Å². The monoisotopic (exact) mass is 462 g/mol. The number of unbranched alkanes of at least 4 members (excludes halogenated alkanes) is 2. The van der Waals surface area contributed by atoms with Crippen LogP contribution in [0.1, 0.15) is 146 Å². The highest BCUT2D eigenvalue weighted by Gasteiger charge is 2.01. The Hall–Kier alpha value is -1.18. The molecule has 2 heteroatoms. The minimum absolute atomic E-state index is 0.966. The van der Waals surface area contributed by atoms with Crippen molar-refractivity contribution >= 4 is 0 Å². The molecule has 0 atom stereocenters. The summed E-state index contributed by atoms with van der Waals surface area (Å²) in [5.74, 6) is 2.01. The molecule has 1 aliphatic rings. The van der Waals surface area contributed by atoms with E-state index in [2.05, 4.69) is 90.8 Å². The van der Waals surface area contributed by atoms with E-state index in [0.29, 0.717) is 0 Å². The molecule has 0 saturated carbocycles.